The summed E-state index contributed by atoms with van der Waals surface area (Å²) < 4.78 is 5.11. The van der Waals surface area contributed by atoms with Crippen molar-refractivity contribution in [3.8, 4) is 0 Å². The van der Waals surface area contributed by atoms with Gasteiger partial charge in [0, 0.05) is 13.1 Å². The number of carbonyl (C=O) groups is 2. The summed E-state index contributed by atoms with van der Waals surface area (Å²) in [7, 11) is 0. The quantitative estimate of drug-likeness (QED) is 0.581. The highest BCUT2D eigenvalue weighted by molar-refractivity contribution is 5.82. The number of nitrogens with zero attached hydrogens (tertiary/aromatic N) is 1. The van der Waals surface area contributed by atoms with Crippen molar-refractivity contribution in [2.24, 2.45) is 0 Å². The third kappa shape index (κ3) is 4.20. The van der Waals surface area contributed by atoms with Crippen LogP contribution >= 0.6 is 0 Å². The normalized spacial score (nSPS) is 17.7. The van der Waals surface area contributed by atoms with Gasteiger partial charge in [0.15, 0.2) is 0 Å². The molecule has 0 unspecified atom stereocenters. The number of hydrogen-bond donors (Lipinski definition) is 2. The lowest BCUT2D eigenvalue weighted by molar-refractivity contribution is -0.138. The molecule has 0 aromatic rings. The van der Waals surface area contributed by atoms with E-state index in [1.165, 1.54) is 0 Å². The topological polar surface area (TPSA) is 78.9 Å². The first-order chi connectivity index (χ1) is 6.68. The van der Waals surface area contributed by atoms with Crippen molar-refractivity contribution < 1.29 is 19.4 Å². The molecule has 0 saturated carbocycles. The van der Waals surface area contributed by atoms with Crippen LogP contribution in [0.2, 0.25) is 0 Å². The second-order valence-electron chi connectivity index (χ2n) is 3.06. The zero-order valence-corrected chi connectivity index (χ0v) is 7.86. The van der Waals surface area contributed by atoms with Gasteiger partial charge in [-0.2, -0.15) is 0 Å². The molecule has 1 heterocycles. The molecule has 0 atom stereocenters. The predicted octanol–water partition coefficient (Wildman–Crippen LogP) is -1.48. The van der Waals surface area contributed by atoms with Crippen molar-refractivity contribution in [2.75, 3.05) is 39.4 Å². The number of morpholine rings is 1. The zero-order chi connectivity index (χ0) is 10.4. The van der Waals surface area contributed by atoms with Crippen LogP contribution < -0.4 is 5.32 Å². The highest BCUT2D eigenvalue weighted by atomic mass is 16.5. The van der Waals surface area contributed by atoms with E-state index >= 15 is 0 Å². The van der Waals surface area contributed by atoms with E-state index in [-0.39, 0.29) is 19.0 Å². The van der Waals surface area contributed by atoms with Crippen LogP contribution in [0.4, 0.5) is 0 Å². The number of ether oxygens (including phenoxy) is 1. The van der Waals surface area contributed by atoms with E-state index in [1.807, 2.05) is 4.90 Å². The van der Waals surface area contributed by atoms with Gasteiger partial charge < -0.3 is 15.2 Å². The van der Waals surface area contributed by atoms with Crippen molar-refractivity contribution in [1.29, 1.82) is 0 Å². The van der Waals surface area contributed by atoms with Crippen LogP contribution in [0.5, 0.6) is 0 Å². The van der Waals surface area contributed by atoms with Crippen LogP contribution in [0.15, 0.2) is 0 Å². The minimum absolute atomic E-state index is 0.247. The lowest BCUT2D eigenvalue weighted by Crippen LogP contribution is -2.44. The highest BCUT2D eigenvalue weighted by Gasteiger charge is 2.13. The summed E-state index contributed by atoms with van der Waals surface area (Å²) in [5, 5.41) is 10.6. The standard InChI is InChI=1S/C8H14N2O4/c11-7(9-5-8(12)13)6-10-1-3-14-4-2-10/h1-6H2,(H,9,11)(H,12,13). The molecule has 1 aliphatic rings. The monoisotopic (exact) mass is 202 g/mol. The van der Waals surface area contributed by atoms with Gasteiger partial charge in [0.1, 0.15) is 6.54 Å². The van der Waals surface area contributed by atoms with Gasteiger partial charge in [-0.3, -0.25) is 14.5 Å². The number of carbonyl (C=O) groups excluding carboxylic acids is 1. The average molecular weight is 202 g/mol. The number of carboxylic acid groups (broad SMARTS) is 1. The van der Waals surface area contributed by atoms with Gasteiger partial charge in [-0.15, -0.1) is 0 Å². The second kappa shape index (κ2) is 5.56. The van der Waals surface area contributed by atoms with Gasteiger partial charge in [-0.25, -0.2) is 0 Å². The van der Waals surface area contributed by atoms with Gasteiger partial charge in [0.2, 0.25) is 5.91 Å². The Morgan fingerprint density at radius 1 is 1.36 bits per heavy atom. The fraction of sp³-hybridized carbons (Fsp3) is 0.750. The summed E-state index contributed by atoms with van der Waals surface area (Å²) in [6.07, 6.45) is 0. The molecule has 1 fully saturated rings. The first-order valence-corrected chi connectivity index (χ1v) is 4.47. The number of aliphatic carboxylic acids is 1. The fourth-order valence-corrected chi connectivity index (χ4v) is 1.19. The number of amides is 1. The molecule has 0 aromatic carbocycles. The van der Waals surface area contributed by atoms with Crippen LogP contribution in [0.1, 0.15) is 0 Å². The molecule has 0 aromatic heterocycles. The van der Waals surface area contributed by atoms with Crippen molar-refractivity contribution in [3.05, 3.63) is 0 Å². The minimum Gasteiger partial charge on any atom is -0.480 e. The Morgan fingerprint density at radius 2 is 2.00 bits per heavy atom. The molecule has 6 heteroatoms. The molecule has 1 saturated heterocycles. The maximum atomic E-state index is 11.2. The number of carboxylic acids is 1. The maximum absolute atomic E-state index is 11.2. The molecule has 80 valence electrons. The molecule has 2 N–H and O–H groups in total. The Kier molecular flexibility index (Phi) is 4.34. The van der Waals surface area contributed by atoms with Crippen molar-refractivity contribution in [3.63, 3.8) is 0 Å². The molecule has 1 rings (SSSR count). The summed E-state index contributed by atoms with van der Waals surface area (Å²) in [6.45, 7) is 2.64. The Labute approximate surface area is 81.8 Å². The lowest BCUT2D eigenvalue weighted by atomic mass is 10.4. The van der Waals surface area contributed by atoms with Crippen molar-refractivity contribution in [2.45, 2.75) is 0 Å². The minimum atomic E-state index is -1.03. The number of hydrogen-bond acceptors (Lipinski definition) is 4. The second-order valence-corrected chi connectivity index (χ2v) is 3.06. The maximum Gasteiger partial charge on any atom is 0.322 e. The third-order valence-electron chi connectivity index (χ3n) is 1.91. The van der Waals surface area contributed by atoms with E-state index in [9.17, 15) is 9.59 Å². The number of nitrogens with one attached hydrogen (secondary N) is 1. The van der Waals surface area contributed by atoms with E-state index in [0.29, 0.717) is 13.2 Å². The Balaban J connectivity index is 2.15. The first-order valence-electron chi connectivity index (χ1n) is 4.47. The van der Waals surface area contributed by atoms with Gasteiger partial charge in [0.05, 0.1) is 19.8 Å². The summed E-state index contributed by atoms with van der Waals surface area (Å²) in [4.78, 5) is 23.2. The first kappa shape index (κ1) is 10.9. The van der Waals surface area contributed by atoms with E-state index < -0.39 is 5.97 Å². The third-order valence-corrected chi connectivity index (χ3v) is 1.91. The zero-order valence-electron chi connectivity index (χ0n) is 7.86. The lowest BCUT2D eigenvalue weighted by Gasteiger charge is -2.25. The van der Waals surface area contributed by atoms with E-state index in [1.54, 1.807) is 0 Å². The molecule has 1 amide bonds. The summed E-state index contributed by atoms with van der Waals surface area (Å²) in [6, 6.07) is 0. The summed E-state index contributed by atoms with van der Waals surface area (Å²) in [5.74, 6) is -1.28. The molecule has 1 aliphatic heterocycles. The molecule has 0 aliphatic carbocycles. The fourth-order valence-electron chi connectivity index (χ4n) is 1.19. The average Bonchev–Trinajstić information content (AvgIpc) is 2.16. The molecule has 0 radical (unpaired) electrons. The molecule has 6 nitrogen and oxygen atoms in total. The number of rotatable bonds is 4. The van der Waals surface area contributed by atoms with Crippen LogP contribution in [0.25, 0.3) is 0 Å². The molecule has 0 spiro atoms. The van der Waals surface area contributed by atoms with E-state index in [4.69, 9.17) is 9.84 Å². The van der Waals surface area contributed by atoms with Crippen LogP contribution in [0, 0.1) is 0 Å². The largest absolute Gasteiger partial charge is 0.480 e. The SMILES string of the molecule is O=C(O)CNC(=O)CN1CCOCC1. The van der Waals surface area contributed by atoms with Gasteiger partial charge in [0.25, 0.3) is 0 Å². The van der Waals surface area contributed by atoms with Gasteiger partial charge in [-0.05, 0) is 0 Å². The molecule has 0 bridgehead atoms. The van der Waals surface area contributed by atoms with Crippen molar-refractivity contribution in [1.82, 2.24) is 10.2 Å². The van der Waals surface area contributed by atoms with Gasteiger partial charge >= 0.3 is 5.97 Å². The Hall–Kier alpha value is -1.14. The van der Waals surface area contributed by atoms with E-state index in [2.05, 4.69) is 5.32 Å². The van der Waals surface area contributed by atoms with Gasteiger partial charge in [-0.1, -0.05) is 0 Å². The smallest absolute Gasteiger partial charge is 0.322 e. The molecular formula is C8H14N2O4. The Morgan fingerprint density at radius 3 is 2.57 bits per heavy atom. The Bertz CT molecular complexity index is 213. The van der Waals surface area contributed by atoms with Crippen molar-refractivity contribution >= 4 is 11.9 Å². The highest BCUT2D eigenvalue weighted by Crippen LogP contribution is 1.95. The van der Waals surface area contributed by atoms with E-state index in [0.717, 1.165) is 13.1 Å². The van der Waals surface area contributed by atoms with Crippen LogP contribution in [-0.4, -0.2) is 61.3 Å². The summed E-state index contributed by atoms with van der Waals surface area (Å²) >= 11 is 0. The van der Waals surface area contributed by atoms with Crippen LogP contribution in [0.3, 0.4) is 0 Å². The predicted molar refractivity (Wildman–Crippen MR) is 47.9 cm³/mol. The summed E-state index contributed by atoms with van der Waals surface area (Å²) in [5.41, 5.74) is 0. The molecule has 14 heavy (non-hydrogen) atoms. The molecular weight excluding hydrogens is 188 g/mol. The van der Waals surface area contributed by atoms with Crippen LogP contribution in [-0.2, 0) is 14.3 Å².